The number of carbonyl (C=O) groups excluding carboxylic acids is 1. The number of para-hydroxylation sites is 2. The summed E-state index contributed by atoms with van der Waals surface area (Å²) >= 11 is 1.69. The van der Waals surface area contributed by atoms with Crippen LogP contribution in [0, 0.1) is 0 Å². The maximum Gasteiger partial charge on any atom is 0.195 e. The first-order chi connectivity index (χ1) is 12.3. The molecule has 1 aliphatic rings. The van der Waals surface area contributed by atoms with Crippen LogP contribution in [0.3, 0.4) is 0 Å². The Hall–Kier alpha value is -2.98. The number of carbonyl (C=O) groups is 1. The van der Waals surface area contributed by atoms with E-state index in [0.29, 0.717) is 11.1 Å². The molecular weight excluding hydrogens is 328 g/mol. The molecule has 0 spiro atoms. The van der Waals surface area contributed by atoms with Gasteiger partial charge in [0.05, 0.1) is 11.4 Å². The van der Waals surface area contributed by atoms with Crippen LogP contribution in [0.1, 0.15) is 15.9 Å². The zero-order valence-electron chi connectivity index (χ0n) is 13.2. The van der Waals surface area contributed by atoms with Crippen LogP contribution in [-0.2, 0) is 0 Å². The van der Waals surface area contributed by atoms with Gasteiger partial charge in [-0.2, -0.15) is 0 Å². The van der Waals surface area contributed by atoms with E-state index in [1.54, 1.807) is 18.0 Å². The van der Waals surface area contributed by atoms with Crippen molar-refractivity contribution in [2.45, 2.75) is 9.79 Å². The van der Waals surface area contributed by atoms with Crippen molar-refractivity contribution in [3.63, 3.8) is 0 Å². The van der Waals surface area contributed by atoms with Gasteiger partial charge in [0.2, 0.25) is 0 Å². The lowest BCUT2D eigenvalue weighted by Crippen LogP contribution is -2.04. The Morgan fingerprint density at radius 2 is 1.64 bits per heavy atom. The number of benzene rings is 3. The number of fused-ring (bicyclic) bond motifs is 3. The summed E-state index contributed by atoms with van der Waals surface area (Å²) in [5.41, 5.74) is 4.55. The molecule has 0 radical (unpaired) electrons. The summed E-state index contributed by atoms with van der Waals surface area (Å²) in [4.78, 5) is 18.4. The number of ketones is 1. The minimum Gasteiger partial charge on any atom is -0.360 e. The Morgan fingerprint density at radius 1 is 0.840 bits per heavy atom. The first kappa shape index (κ1) is 14.4. The van der Waals surface area contributed by atoms with Crippen LogP contribution in [-0.4, -0.2) is 10.8 Å². The summed E-state index contributed by atoms with van der Waals surface area (Å²) in [6.07, 6.45) is 1.80. The predicted molar refractivity (Wildman–Crippen MR) is 102 cm³/mol. The number of hydrogen-bond acceptors (Lipinski definition) is 3. The summed E-state index contributed by atoms with van der Waals surface area (Å²) in [5, 5.41) is 4.39. The fourth-order valence-electron chi connectivity index (χ4n) is 3.19. The smallest absolute Gasteiger partial charge is 0.195 e. The third kappa shape index (κ3) is 2.34. The topological polar surface area (TPSA) is 44.9 Å². The maximum absolute atomic E-state index is 13.0. The van der Waals surface area contributed by atoms with Gasteiger partial charge in [-0.05, 0) is 36.4 Å². The molecule has 0 saturated carbocycles. The maximum atomic E-state index is 13.0. The highest BCUT2D eigenvalue weighted by Crippen LogP contribution is 2.44. The summed E-state index contributed by atoms with van der Waals surface area (Å²) in [6, 6.07) is 21.9. The van der Waals surface area contributed by atoms with Gasteiger partial charge in [-0.25, -0.2) is 0 Å². The van der Waals surface area contributed by atoms with Crippen molar-refractivity contribution in [1.29, 1.82) is 0 Å². The standard InChI is InChI=1S/C21H14N2OS/c24-21(15-12-22-16-6-2-1-5-14(15)16)13-9-10-18-20(11-13)25-19-8-4-3-7-17(19)23-18/h1-12,22-23H. The number of aromatic nitrogens is 1. The number of anilines is 2. The quantitative estimate of drug-likeness (QED) is 0.410. The number of H-pyrrole nitrogens is 1. The van der Waals surface area contributed by atoms with Crippen LogP contribution in [0.25, 0.3) is 10.9 Å². The van der Waals surface area contributed by atoms with E-state index < -0.39 is 0 Å². The number of aromatic amines is 1. The Morgan fingerprint density at radius 3 is 2.60 bits per heavy atom. The normalized spacial score (nSPS) is 12.3. The fraction of sp³-hybridized carbons (Fsp3) is 0. The summed E-state index contributed by atoms with van der Waals surface area (Å²) < 4.78 is 0. The largest absolute Gasteiger partial charge is 0.360 e. The van der Waals surface area contributed by atoms with E-state index in [-0.39, 0.29) is 5.78 Å². The third-order valence-corrected chi connectivity index (χ3v) is 5.59. The van der Waals surface area contributed by atoms with Crippen molar-refractivity contribution in [3.05, 3.63) is 84.1 Å². The Balaban J connectivity index is 1.55. The first-order valence-electron chi connectivity index (χ1n) is 8.08. The molecule has 5 rings (SSSR count). The van der Waals surface area contributed by atoms with Gasteiger partial charge in [-0.1, -0.05) is 42.1 Å². The lowest BCUT2D eigenvalue weighted by molar-refractivity contribution is 0.104. The molecule has 4 aromatic rings. The molecule has 3 aromatic carbocycles. The van der Waals surface area contributed by atoms with Crippen LogP contribution in [0.2, 0.25) is 0 Å². The van der Waals surface area contributed by atoms with E-state index in [1.807, 2.05) is 54.6 Å². The Bertz CT molecular complexity index is 1130. The van der Waals surface area contributed by atoms with E-state index in [1.165, 1.54) is 4.90 Å². The highest BCUT2D eigenvalue weighted by Gasteiger charge is 2.19. The molecule has 1 aliphatic heterocycles. The average Bonchev–Trinajstić information content (AvgIpc) is 3.09. The molecule has 3 nitrogen and oxygen atoms in total. The molecule has 1 aromatic heterocycles. The van der Waals surface area contributed by atoms with E-state index in [0.717, 1.165) is 27.2 Å². The number of hydrogen-bond donors (Lipinski definition) is 2. The molecule has 25 heavy (non-hydrogen) atoms. The lowest BCUT2D eigenvalue weighted by atomic mass is 10.0. The second kappa shape index (κ2) is 5.53. The molecule has 0 unspecified atom stereocenters. The molecule has 0 aliphatic carbocycles. The molecule has 0 amide bonds. The minimum atomic E-state index is 0.0414. The molecule has 0 fully saturated rings. The van der Waals surface area contributed by atoms with E-state index in [2.05, 4.69) is 22.4 Å². The zero-order chi connectivity index (χ0) is 16.8. The molecule has 4 heteroatoms. The van der Waals surface area contributed by atoms with Gasteiger partial charge in [0, 0.05) is 38.0 Å². The first-order valence-corrected chi connectivity index (χ1v) is 8.90. The van der Waals surface area contributed by atoms with Crippen molar-refractivity contribution < 1.29 is 4.79 Å². The number of nitrogens with one attached hydrogen (secondary N) is 2. The van der Waals surface area contributed by atoms with Crippen molar-refractivity contribution in [2.24, 2.45) is 0 Å². The van der Waals surface area contributed by atoms with Crippen LogP contribution >= 0.6 is 11.8 Å². The SMILES string of the molecule is O=C(c1ccc2c(c1)Sc1ccccc1N2)c1c[nH]c2ccccc12. The second-order valence-corrected chi connectivity index (χ2v) is 7.09. The van der Waals surface area contributed by atoms with Gasteiger partial charge in [-0.15, -0.1) is 0 Å². The molecule has 2 heterocycles. The van der Waals surface area contributed by atoms with Gasteiger partial charge < -0.3 is 10.3 Å². The Kier molecular flexibility index (Phi) is 3.18. The zero-order valence-corrected chi connectivity index (χ0v) is 14.1. The summed E-state index contributed by atoms with van der Waals surface area (Å²) in [5.74, 6) is 0.0414. The van der Waals surface area contributed by atoms with Crippen molar-refractivity contribution >= 4 is 39.8 Å². The molecular formula is C21H14N2OS. The molecule has 120 valence electrons. The fourth-order valence-corrected chi connectivity index (χ4v) is 4.22. The summed E-state index contributed by atoms with van der Waals surface area (Å²) in [6.45, 7) is 0. The highest BCUT2D eigenvalue weighted by atomic mass is 32.2. The monoisotopic (exact) mass is 342 g/mol. The van der Waals surface area contributed by atoms with E-state index >= 15 is 0 Å². The van der Waals surface area contributed by atoms with Gasteiger partial charge >= 0.3 is 0 Å². The minimum absolute atomic E-state index is 0.0414. The van der Waals surface area contributed by atoms with E-state index in [4.69, 9.17) is 0 Å². The van der Waals surface area contributed by atoms with Gasteiger partial charge in [0.1, 0.15) is 0 Å². The van der Waals surface area contributed by atoms with Crippen molar-refractivity contribution in [3.8, 4) is 0 Å². The van der Waals surface area contributed by atoms with Crippen LogP contribution in [0.15, 0.2) is 82.7 Å². The van der Waals surface area contributed by atoms with E-state index in [9.17, 15) is 4.79 Å². The van der Waals surface area contributed by atoms with Crippen LogP contribution in [0.4, 0.5) is 11.4 Å². The van der Waals surface area contributed by atoms with Crippen molar-refractivity contribution in [2.75, 3.05) is 5.32 Å². The summed E-state index contributed by atoms with van der Waals surface area (Å²) in [7, 11) is 0. The Labute approximate surface area is 149 Å². The predicted octanol–water partition coefficient (Wildman–Crippen LogP) is 5.61. The molecule has 2 N–H and O–H groups in total. The van der Waals surface area contributed by atoms with Crippen molar-refractivity contribution in [1.82, 2.24) is 4.98 Å². The third-order valence-electron chi connectivity index (χ3n) is 4.45. The van der Waals surface area contributed by atoms with Gasteiger partial charge in [0.15, 0.2) is 5.78 Å². The molecule has 0 atom stereocenters. The highest BCUT2D eigenvalue weighted by molar-refractivity contribution is 7.99. The average molecular weight is 342 g/mol. The second-order valence-electron chi connectivity index (χ2n) is 6.01. The van der Waals surface area contributed by atoms with Gasteiger partial charge in [-0.3, -0.25) is 4.79 Å². The number of rotatable bonds is 2. The van der Waals surface area contributed by atoms with Crippen LogP contribution in [0.5, 0.6) is 0 Å². The lowest BCUT2D eigenvalue weighted by Gasteiger charge is -2.21. The van der Waals surface area contributed by atoms with Gasteiger partial charge in [0.25, 0.3) is 0 Å². The van der Waals surface area contributed by atoms with Crippen LogP contribution < -0.4 is 5.32 Å². The molecule has 0 bridgehead atoms. The molecule has 0 saturated heterocycles.